The Kier molecular flexibility index (Phi) is 3.19. The number of anilines is 2. The van der Waals surface area contributed by atoms with E-state index in [-0.39, 0.29) is 0 Å². The lowest BCUT2D eigenvalue weighted by Crippen LogP contribution is -1.97. The maximum Gasteiger partial charge on any atom is 0.130 e. The molecule has 0 saturated carbocycles. The molecule has 0 aliphatic rings. The van der Waals surface area contributed by atoms with Crippen LogP contribution in [0.1, 0.15) is 11.3 Å². The first-order chi connectivity index (χ1) is 7.66. The van der Waals surface area contributed by atoms with Gasteiger partial charge in [0.25, 0.3) is 0 Å². The van der Waals surface area contributed by atoms with E-state index < -0.39 is 0 Å². The van der Waals surface area contributed by atoms with E-state index in [0.29, 0.717) is 0 Å². The highest BCUT2D eigenvalue weighted by Gasteiger charge is 2.01. The van der Waals surface area contributed by atoms with Crippen molar-refractivity contribution in [2.24, 2.45) is 0 Å². The number of rotatable bonds is 2. The fourth-order valence-corrected chi connectivity index (χ4v) is 1.57. The van der Waals surface area contributed by atoms with Crippen LogP contribution in [-0.4, -0.2) is 9.97 Å². The lowest BCUT2D eigenvalue weighted by molar-refractivity contribution is 1.17. The van der Waals surface area contributed by atoms with Crippen molar-refractivity contribution in [3.05, 3.63) is 46.3 Å². The van der Waals surface area contributed by atoms with Gasteiger partial charge in [-0.05, 0) is 53.5 Å². The fourth-order valence-electron chi connectivity index (χ4n) is 1.35. The highest BCUT2D eigenvalue weighted by molar-refractivity contribution is 9.10. The average molecular weight is 278 g/mol. The third-order valence-electron chi connectivity index (χ3n) is 2.32. The summed E-state index contributed by atoms with van der Waals surface area (Å²) in [6.45, 7) is 4.00. The Morgan fingerprint density at radius 2 is 2.00 bits per heavy atom. The van der Waals surface area contributed by atoms with E-state index in [9.17, 15) is 0 Å². The molecule has 0 saturated heterocycles. The first kappa shape index (κ1) is 11.1. The SMILES string of the molecule is Cc1ccncc1Nc1ccc(Br)c(C)n1. The van der Waals surface area contributed by atoms with Crippen LogP contribution in [0.25, 0.3) is 0 Å². The van der Waals surface area contributed by atoms with Gasteiger partial charge in [0.2, 0.25) is 0 Å². The second-order valence-electron chi connectivity index (χ2n) is 3.58. The number of halogens is 1. The molecule has 0 aliphatic carbocycles. The van der Waals surface area contributed by atoms with Crippen LogP contribution in [0.5, 0.6) is 0 Å². The lowest BCUT2D eigenvalue weighted by atomic mass is 10.2. The number of nitrogens with zero attached hydrogens (tertiary/aromatic N) is 2. The van der Waals surface area contributed by atoms with Gasteiger partial charge in [0.1, 0.15) is 5.82 Å². The van der Waals surface area contributed by atoms with Crippen LogP contribution in [0.3, 0.4) is 0 Å². The standard InChI is InChI=1S/C12H12BrN3/c1-8-5-6-14-7-11(8)16-12-4-3-10(13)9(2)15-12/h3-7H,1-2H3,(H,15,16). The van der Waals surface area contributed by atoms with E-state index in [1.165, 1.54) is 0 Å². The third-order valence-corrected chi connectivity index (χ3v) is 3.16. The summed E-state index contributed by atoms with van der Waals surface area (Å²) < 4.78 is 1.01. The van der Waals surface area contributed by atoms with E-state index in [2.05, 4.69) is 31.2 Å². The second-order valence-corrected chi connectivity index (χ2v) is 4.43. The Morgan fingerprint density at radius 3 is 2.69 bits per heavy atom. The normalized spacial score (nSPS) is 10.2. The monoisotopic (exact) mass is 277 g/mol. The van der Waals surface area contributed by atoms with Crippen LogP contribution in [0, 0.1) is 13.8 Å². The molecule has 0 amide bonds. The molecule has 0 aromatic carbocycles. The lowest BCUT2D eigenvalue weighted by Gasteiger charge is -2.08. The van der Waals surface area contributed by atoms with Crippen molar-refractivity contribution in [2.75, 3.05) is 5.32 Å². The second kappa shape index (κ2) is 4.61. The van der Waals surface area contributed by atoms with Crippen molar-refractivity contribution < 1.29 is 0 Å². The zero-order valence-corrected chi connectivity index (χ0v) is 10.7. The van der Waals surface area contributed by atoms with Crippen LogP contribution >= 0.6 is 15.9 Å². The van der Waals surface area contributed by atoms with Gasteiger partial charge in [-0.25, -0.2) is 4.98 Å². The van der Waals surface area contributed by atoms with Crippen LogP contribution in [0.15, 0.2) is 35.1 Å². The number of hydrogen-bond acceptors (Lipinski definition) is 3. The first-order valence-electron chi connectivity index (χ1n) is 4.97. The Balaban J connectivity index is 2.28. The Labute approximate surface area is 103 Å². The van der Waals surface area contributed by atoms with Crippen LogP contribution < -0.4 is 5.32 Å². The van der Waals surface area contributed by atoms with Gasteiger partial charge in [0.05, 0.1) is 17.6 Å². The third kappa shape index (κ3) is 2.39. The topological polar surface area (TPSA) is 37.8 Å². The van der Waals surface area contributed by atoms with Crippen LogP contribution in [0.2, 0.25) is 0 Å². The molecule has 0 fully saturated rings. The molecule has 2 rings (SSSR count). The van der Waals surface area contributed by atoms with Gasteiger partial charge >= 0.3 is 0 Å². The van der Waals surface area contributed by atoms with Crippen molar-refractivity contribution in [2.45, 2.75) is 13.8 Å². The maximum atomic E-state index is 4.42. The minimum absolute atomic E-state index is 0.830. The largest absolute Gasteiger partial charge is 0.339 e. The molecular formula is C12H12BrN3. The highest BCUT2D eigenvalue weighted by atomic mass is 79.9. The van der Waals surface area contributed by atoms with Gasteiger partial charge in [0.15, 0.2) is 0 Å². The van der Waals surface area contributed by atoms with Gasteiger partial charge < -0.3 is 5.32 Å². The molecule has 0 aliphatic heterocycles. The number of nitrogens with one attached hydrogen (secondary N) is 1. The predicted molar refractivity (Wildman–Crippen MR) is 68.9 cm³/mol. The fraction of sp³-hybridized carbons (Fsp3) is 0.167. The number of pyridine rings is 2. The zero-order valence-electron chi connectivity index (χ0n) is 9.16. The molecule has 0 radical (unpaired) electrons. The summed E-state index contributed by atoms with van der Waals surface area (Å²) in [6.07, 6.45) is 3.58. The van der Waals surface area contributed by atoms with E-state index >= 15 is 0 Å². The first-order valence-corrected chi connectivity index (χ1v) is 5.77. The number of aromatic nitrogens is 2. The molecule has 0 spiro atoms. The van der Waals surface area contributed by atoms with Gasteiger partial charge in [-0.3, -0.25) is 4.98 Å². The van der Waals surface area contributed by atoms with Gasteiger partial charge in [-0.15, -0.1) is 0 Å². The molecule has 0 bridgehead atoms. The summed E-state index contributed by atoms with van der Waals surface area (Å²) >= 11 is 3.43. The maximum absolute atomic E-state index is 4.42. The van der Waals surface area contributed by atoms with E-state index in [1.807, 2.05) is 32.0 Å². The molecule has 16 heavy (non-hydrogen) atoms. The van der Waals surface area contributed by atoms with Gasteiger partial charge in [-0.2, -0.15) is 0 Å². The summed E-state index contributed by atoms with van der Waals surface area (Å²) in [4.78, 5) is 8.51. The van der Waals surface area contributed by atoms with E-state index in [0.717, 1.165) is 27.2 Å². The number of hydrogen-bond donors (Lipinski definition) is 1. The summed E-state index contributed by atoms with van der Waals surface area (Å²) in [5.41, 5.74) is 3.10. The average Bonchev–Trinajstić information content (AvgIpc) is 2.27. The van der Waals surface area contributed by atoms with Gasteiger partial charge in [0, 0.05) is 10.7 Å². The molecular weight excluding hydrogens is 266 g/mol. The molecule has 2 aromatic rings. The summed E-state index contributed by atoms with van der Waals surface area (Å²) in [5.74, 6) is 0.830. The molecule has 2 aromatic heterocycles. The van der Waals surface area contributed by atoms with Crippen molar-refractivity contribution in [3.63, 3.8) is 0 Å². The minimum atomic E-state index is 0.830. The van der Waals surface area contributed by atoms with E-state index in [4.69, 9.17) is 0 Å². The van der Waals surface area contributed by atoms with Crippen molar-refractivity contribution in [1.29, 1.82) is 0 Å². The molecule has 0 atom stereocenters. The Bertz CT molecular complexity index is 511. The van der Waals surface area contributed by atoms with Crippen molar-refractivity contribution >= 4 is 27.4 Å². The summed E-state index contributed by atoms with van der Waals surface area (Å²) in [6, 6.07) is 5.88. The summed E-state index contributed by atoms with van der Waals surface area (Å²) in [5, 5.41) is 3.25. The zero-order chi connectivity index (χ0) is 11.5. The molecule has 3 nitrogen and oxygen atoms in total. The predicted octanol–water partition coefficient (Wildman–Crippen LogP) is 3.60. The van der Waals surface area contributed by atoms with Gasteiger partial charge in [-0.1, -0.05) is 0 Å². The quantitative estimate of drug-likeness (QED) is 0.912. The number of aryl methyl sites for hydroxylation is 2. The van der Waals surface area contributed by atoms with Crippen LogP contribution in [-0.2, 0) is 0 Å². The molecule has 1 N–H and O–H groups in total. The smallest absolute Gasteiger partial charge is 0.130 e. The highest BCUT2D eigenvalue weighted by Crippen LogP contribution is 2.20. The molecule has 82 valence electrons. The molecule has 4 heteroatoms. The molecule has 2 heterocycles. The van der Waals surface area contributed by atoms with Crippen molar-refractivity contribution in [3.8, 4) is 0 Å². The van der Waals surface area contributed by atoms with E-state index in [1.54, 1.807) is 12.4 Å². The summed E-state index contributed by atoms with van der Waals surface area (Å²) in [7, 11) is 0. The molecule has 0 unspecified atom stereocenters. The van der Waals surface area contributed by atoms with Crippen molar-refractivity contribution in [1.82, 2.24) is 9.97 Å². The van der Waals surface area contributed by atoms with Crippen LogP contribution in [0.4, 0.5) is 11.5 Å². The minimum Gasteiger partial charge on any atom is -0.339 e. The Morgan fingerprint density at radius 1 is 1.19 bits per heavy atom. The Hall–Kier alpha value is -1.42.